The Balaban J connectivity index is 1.44. The molecule has 0 spiro atoms. The van der Waals surface area contributed by atoms with Crippen LogP contribution >= 0.6 is 0 Å². The highest BCUT2D eigenvalue weighted by Crippen LogP contribution is 2.13. The van der Waals surface area contributed by atoms with Gasteiger partial charge in [0.2, 0.25) is 5.82 Å². The molecule has 3 N–H and O–H groups in total. The van der Waals surface area contributed by atoms with Crippen LogP contribution in [0.1, 0.15) is 16.2 Å². The third-order valence-electron chi connectivity index (χ3n) is 3.32. The van der Waals surface area contributed by atoms with Gasteiger partial charge in [0.1, 0.15) is 11.6 Å². The number of carbonyl (C=O) groups is 1. The van der Waals surface area contributed by atoms with Crippen molar-refractivity contribution in [1.29, 1.82) is 0 Å². The highest BCUT2D eigenvalue weighted by molar-refractivity contribution is 5.90. The van der Waals surface area contributed by atoms with Crippen LogP contribution in [0.5, 0.6) is 0 Å². The van der Waals surface area contributed by atoms with Gasteiger partial charge in [-0.3, -0.25) is 4.79 Å². The molecule has 0 aliphatic carbocycles. The number of aromatic nitrogens is 5. The quantitative estimate of drug-likeness (QED) is 0.550. The monoisotopic (exact) mass is 350 g/mol. The standard InChI is InChI=1S/C17H18N8O/c1-12-5-8-18-15(11-12)23-14-4-3-13(24-25-14)19-9-10-22-17(26)16-20-6-2-7-21-16/h2-8,11H,9-10H2,1H3,(H,19,24)(H,22,26)(H,18,23,25). The Morgan fingerprint density at radius 2 is 1.69 bits per heavy atom. The van der Waals surface area contributed by atoms with Crippen LogP contribution in [0.2, 0.25) is 0 Å². The number of amides is 1. The fourth-order valence-corrected chi connectivity index (χ4v) is 2.09. The summed E-state index contributed by atoms with van der Waals surface area (Å²) in [5.41, 5.74) is 1.11. The molecule has 3 rings (SSSR count). The molecule has 0 fully saturated rings. The van der Waals surface area contributed by atoms with E-state index in [1.807, 2.05) is 19.1 Å². The molecule has 9 nitrogen and oxygen atoms in total. The van der Waals surface area contributed by atoms with E-state index in [-0.39, 0.29) is 11.7 Å². The molecule has 0 unspecified atom stereocenters. The predicted molar refractivity (Wildman–Crippen MR) is 97.1 cm³/mol. The van der Waals surface area contributed by atoms with E-state index in [0.717, 1.165) is 5.56 Å². The average Bonchev–Trinajstić information content (AvgIpc) is 2.67. The van der Waals surface area contributed by atoms with Crippen molar-refractivity contribution in [3.8, 4) is 0 Å². The van der Waals surface area contributed by atoms with Crippen LogP contribution in [-0.4, -0.2) is 44.1 Å². The zero-order valence-electron chi connectivity index (χ0n) is 14.2. The van der Waals surface area contributed by atoms with Gasteiger partial charge in [-0.2, -0.15) is 0 Å². The second-order valence-corrected chi connectivity index (χ2v) is 5.40. The van der Waals surface area contributed by atoms with Crippen LogP contribution in [0.25, 0.3) is 0 Å². The van der Waals surface area contributed by atoms with Crippen molar-refractivity contribution in [3.05, 3.63) is 60.3 Å². The maximum atomic E-state index is 11.8. The molecule has 0 atom stereocenters. The highest BCUT2D eigenvalue weighted by atomic mass is 16.2. The third-order valence-corrected chi connectivity index (χ3v) is 3.32. The van der Waals surface area contributed by atoms with Crippen LogP contribution in [0.4, 0.5) is 17.5 Å². The molecule has 3 aromatic rings. The SMILES string of the molecule is Cc1ccnc(Nc2ccc(NCCNC(=O)c3ncccn3)nn2)c1. The number of aryl methyl sites for hydroxylation is 1. The van der Waals surface area contributed by atoms with Crippen molar-refractivity contribution < 1.29 is 4.79 Å². The number of carbonyl (C=O) groups excluding carboxylic acids is 1. The minimum atomic E-state index is -0.316. The molecular formula is C17H18N8O. The summed E-state index contributed by atoms with van der Waals surface area (Å²) in [5.74, 6) is 1.75. The van der Waals surface area contributed by atoms with Gasteiger partial charge in [-0.05, 0) is 42.8 Å². The zero-order chi connectivity index (χ0) is 18.2. The van der Waals surface area contributed by atoms with Crippen molar-refractivity contribution >= 4 is 23.4 Å². The van der Waals surface area contributed by atoms with E-state index in [1.165, 1.54) is 12.4 Å². The van der Waals surface area contributed by atoms with E-state index in [9.17, 15) is 4.79 Å². The minimum absolute atomic E-state index is 0.146. The first-order valence-corrected chi connectivity index (χ1v) is 8.03. The highest BCUT2D eigenvalue weighted by Gasteiger charge is 2.06. The first-order valence-electron chi connectivity index (χ1n) is 8.03. The molecule has 3 heterocycles. The number of rotatable bonds is 7. The van der Waals surface area contributed by atoms with E-state index in [2.05, 4.69) is 41.1 Å². The van der Waals surface area contributed by atoms with Crippen molar-refractivity contribution in [2.24, 2.45) is 0 Å². The Hall–Kier alpha value is -3.62. The van der Waals surface area contributed by atoms with Gasteiger partial charge in [0.15, 0.2) is 5.82 Å². The number of nitrogens with one attached hydrogen (secondary N) is 3. The van der Waals surface area contributed by atoms with E-state index in [1.54, 1.807) is 24.4 Å². The van der Waals surface area contributed by atoms with Crippen LogP contribution in [0.15, 0.2) is 48.9 Å². The summed E-state index contributed by atoms with van der Waals surface area (Å²) in [5, 5.41) is 17.1. The van der Waals surface area contributed by atoms with Crippen molar-refractivity contribution in [3.63, 3.8) is 0 Å². The summed E-state index contributed by atoms with van der Waals surface area (Å²) in [4.78, 5) is 23.8. The first-order chi connectivity index (χ1) is 12.7. The van der Waals surface area contributed by atoms with Crippen LogP contribution in [0, 0.1) is 6.92 Å². The van der Waals surface area contributed by atoms with Crippen LogP contribution in [-0.2, 0) is 0 Å². The van der Waals surface area contributed by atoms with Gasteiger partial charge in [-0.1, -0.05) is 0 Å². The van der Waals surface area contributed by atoms with Gasteiger partial charge < -0.3 is 16.0 Å². The lowest BCUT2D eigenvalue weighted by atomic mass is 10.3. The van der Waals surface area contributed by atoms with E-state index in [4.69, 9.17) is 0 Å². The second kappa shape index (κ2) is 8.47. The summed E-state index contributed by atoms with van der Waals surface area (Å²) in [6, 6.07) is 9.10. The van der Waals surface area contributed by atoms with E-state index >= 15 is 0 Å². The summed E-state index contributed by atoms with van der Waals surface area (Å²) in [7, 11) is 0. The molecule has 0 aliphatic heterocycles. The molecule has 0 saturated carbocycles. The number of hydrogen-bond acceptors (Lipinski definition) is 8. The normalized spacial score (nSPS) is 10.2. The Morgan fingerprint density at radius 3 is 2.42 bits per heavy atom. The molecule has 0 saturated heterocycles. The topological polar surface area (TPSA) is 118 Å². The molecule has 0 aliphatic rings. The molecular weight excluding hydrogens is 332 g/mol. The van der Waals surface area contributed by atoms with Gasteiger partial charge in [-0.15, -0.1) is 10.2 Å². The molecule has 132 valence electrons. The van der Waals surface area contributed by atoms with Crippen LogP contribution < -0.4 is 16.0 Å². The maximum Gasteiger partial charge on any atom is 0.289 e. The molecule has 0 aromatic carbocycles. The molecule has 9 heteroatoms. The number of anilines is 3. The summed E-state index contributed by atoms with van der Waals surface area (Å²) in [6.07, 6.45) is 4.78. The van der Waals surface area contributed by atoms with Crippen molar-refractivity contribution in [2.45, 2.75) is 6.92 Å². The van der Waals surface area contributed by atoms with Gasteiger partial charge >= 0.3 is 0 Å². The smallest absolute Gasteiger partial charge is 0.289 e. The first kappa shape index (κ1) is 17.2. The minimum Gasteiger partial charge on any atom is -0.367 e. The molecule has 26 heavy (non-hydrogen) atoms. The van der Waals surface area contributed by atoms with Crippen LogP contribution in [0.3, 0.4) is 0 Å². The molecule has 0 radical (unpaired) electrons. The second-order valence-electron chi connectivity index (χ2n) is 5.40. The lowest BCUT2D eigenvalue weighted by molar-refractivity contribution is 0.0944. The predicted octanol–water partition coefficient (Wildman–Crippen LogP) is 1.56. The van der Waals surface area contributed by atoms with Gasteiger partial charge in [0, 0.05) is 31.7 Å². The van der Waals surface area contributed by atoms with Crippen molar-refractivity contribution in [1.82, 2.24) is 30.5 Å². The van der Waals surface area contributed by atoms with Gasteiger partial charge in [0.25, 0.3) is 5.91 Å². The number of hydrogen-bond donors (Lipinski definition) is 3. The largest absolute Gasteiger partial charge is 0.367 e. The fourth-order valence-electron chi connectivity index (χ4n) is 2.09. The van der Waals surface area contributed by atoms with Gasteiger partial charge in [-0.25, -0.2) is 15.0 Å². The fraction of sp³-hybridized carbons (Fsp3) is 0.176. The molecule has 3 aromatic heterocycles. The summed E-state index contributed by atoms with van der Waals surface area (Å²) < 4.78 is 0. The molecule has 0 bridgehead atoms. The summed E-state index contributed by atoms with van der Waals surface area (Å²) >= 11 is 0. The summed E-state index contributed by atoms with van der Waals surface area (Å²) in [6.45, 7) is 2.90. The molecule has 1 amide bonds. The zero-order valence-corrected chi connectivity index (χ0v) is 14.2. The number of nitrogens with zero attached hydrogens (tertiary/aromatic N) is 5. The third kappa shape index (κ3) is 4.94. The lowest BCUT2D eigenvalue weighted by Gasteiger charge is -2.08. The Morgan fingerprint density at radius 1 is 0.923 bits per heavy atom. The number of pyridine rings is 1. The van der Waals surface area contributed by atoms with Gasteiger partial charge in [0.05, 0.1) is 0 Å². The Labute approximate surface area is 150 Å². The lowest BCUT2D eigenvalue weighted by Crippen LogP contribution is -2.30. The Kier molecular flexibility index (Phi) is 5.61. The average molecular weight is 350 g/mol. The Bertz CT molecular complexity index is 854. The maximum absolute atomic E-state index is 11.8. The van der Waals surface area contributed by atoms with Crippen molar-refractivity contribution in [2.75, 3.05) is 23.7 Å². The van der Waals surface area contributed by atoms with E-state index in [0.29, 0.717) is 30.5 Å². The van der Waals surface area contributed by atoms with E-state index < -0.39 is 0 Å².